The molecule has 0 bridgehead atoms. The fourth-order valence-corrected chi connectivity index (χ4v) is 1.78. The highest BCUT2D eigenvalue weighted by Gasteiger charge is 2.18. The van der Waals surface area contributed by atoms with Gasteiger partial charge in [-0.2, -0.15) is 5.26 Å². The molecule has 0 aromatic carbocycles. The zero-order chi connectivity index (χ0) is 11.5. The summed E-state index contributed by atoms with van der Waals surface area (Å²) in [7, 11) is 0. The molecular weight excluding hydrogens is 228 g/mol. The van der Waals surface area contributed by atoms with E-state index in [2.05, 4.69) is 14.9 Å². The summed E-state index contributed by atoms with van der Waals surface area (Å²) >= 11 is 5.96. The largest absolute Gasteiger partial charge is 0.378 e. The van der Waals surface area contributed by atoms with Crippen molar-refractivity contribution >= 4 is 17.4 Å². The van der Waals surface area contributed by atoms with Crippen LogP contribution in [0.4, 0.5) is 5.82 Å². The van der Waals surface area contributed by atoms with E-state index in [4.69, 9.17) is 21.6 Å². The van der Waals surface area contributed by atoms with Crippen LogP contribution in [-0.4, -0.2) is 36.3 Å². The van der Waals surface area contributed by atoms with Crippen molar-refractivity contribution < 1.29 is 4.74 Å². The molecule has 84 valence electrons. The Kier molecular flexibility index (Phi) is 3.22. The van der Waals surface area contributed by atoms with Gasteiger partial charge >= 0.3 is 0 Å². The van der Waals surface area contributed by atoms with Crippen molar-refractivity contribution in [3.8, 4) is 6.07 Å². The summed E-state index contributed by atoms with van der Waals surface area (Å²) in [5.41, 5.74) is 0.808. The van der Waals surface area contributed by atoms with Crippen molar-refractivity contribution in [3.05, 3.63) is 16.5 Å². The Bertz CT molecular complexity index is 437. The molecule has 0 amide bonds. The van der Waals surface area contributed by atoms with Crippen LogP contribution in [0, 0.1) is 18.3 Å². The van der Waals surface area contributed by atoms with Crippen LogP contribution in [0.25, 0.3) is 0 Å². The molecule has 5 nitrogen and oxygen atoms in total. The first kappa shape index (κ1) is 11.1. The van der Waals surface area contributed by atoms with Gasteiger partial charge in [0.1, 0.15) is 17.0 Å². The maximum absolute atomic E-state index is 8.80. The van der Waals surface area contributed by atoms with Crippen LogP contribution in [0.5, 0.6) is 0 Å². The smallest absolute Gasteiger partial charge is 0.235 e. The molecule has 0 saturated carbocycles. The highest BCUT2D eigenvalue weighted by atomic mass is 35.5. The van der Waals surface area contributed by atoms with Gasteiger partial charge in [-0.05, 0) is 6.92 Å². The van der Waals surface area contributed by atoms with Gasteiger partial charge in [-0.25, -0.2) is 9.97 Å². The number of ether oxygens (including phenoxy) is 1. The minimum atomic E-state index is 0.108. The Balaban J connectivity index is 2.38. The van der Waals surface area contributed by atoms with E-state index in [9.17, 15) is 0 Å². The monoisotopic (exact) mass is 238 g/mol. The predicted molar refractivity (Wildman–Crippen MR) is 59.5 cm³/mol. The van der Waals surface area contributed by atoms with Gasteiger partial charge in [0.2, 0.25) is 5.82 Å². The van der Waals surface area contributed by atoms with E-state index in [-0.39, 0.29) is 5.82 Å². The molecule has 0 radical (unpaired) electrons. The number of aromatic nitrogens is 2. The first-order valence-corrected chi connectivity index (χ1v) is 5.37. The zero-order valence-electron chi connectivity index (χ0n) is 8.90. The van der Waals surface area contributed by atoms with Gasteiger partial charge < -0.3 is 9.64 Å². The van der Waals surface area contributed by atoms with Gasteiger partial charge in [0.25, 0.3) is 0 Å². The Morgan fingerprint density at radius 1 is 1.38 bits per heavy atom. The van der Waals surface area contributed by atoms with Crippen LogP contribution < -0.4 is 4.90 Å². The third-order valence-corrected chi connectivity index (χ3v) is 2.84. The molecule has 0 spiro atoms. The molecule has 1 aliphatic rings. The number of hydrogen-bond donors (Lipinski definition) is 0. The summed E-state index contributed by atoms with van der Waals surface area (Å²) in [6, 6.07) is 1.91. The van der Waals surface area contributed by atoms with Crippen LogP contribution in [0.3, 0.4) is 0 Å². The van der Waals surface area contributed by atoms with Crippen molar-refractivity contribution in [2.75, 3.05) is 31.2 Å². The summed E-state index contributed by atoms with van der Waals surface area (Å²) in [5, 5.41) is 9.14. The van der Waals surface area contributed by atoms with Gasteiger partial charge in [0.05, 0.1) is 13.2 Å². The van der Waals surface area contributed by atoms with Crippen LogP contribution in [-0.2, 0) is 4.74 Å². The van der Waals surface area contributed by atoms with Crippen molar-refractivity contribution in [2.45, 2.75) is 6.92 Å². The maximum atomic E-state index is 8.80. The Hall–Kier alpha value is -1.38. The van der Waals surface area contributed by atoms with E-state index in [1.165, 1.54) is 0 Å². The number of nitrogens with zero attached hydrogens (tertiary/aromatic N) is 4. The average molecular weight is 239 g/mol. The van der Waals surface area contributed by atoms with Gasteiger partial charge in [-0.3, -0.25) is 0 Å². The molecule has 2 heterocycles. The SMILES string of the molecule is Cc1c(Cl)nc(C#N)nc1N1CCOCC1. The second kappa shape index (κ2) is 4.64. The summed E-state index contributed by atoms with van der Waals surface area (Å²) < 4.78 is 5.26. The van der Waals surface area contributed by atoms with Crippen LogP contribution in [0.2, 0.25) is 5.15 Å². The van der Waals surface area contributed by atoms with Crippen molar-refractivity contribution in [3.63, 3.8) is 0 Å². The van der Waals surface area contributed by atoms with Crippen molar-refractivity contribution in [2.24, 2.45) is 0 Å². The molecule has 1 fully saturated rings. The van der Waals surface area contributed by atoms with Crippen molar-refractivity contribution in [1.82, 2.24) is 9.97 Å². The normalized spacial score (nSPS) is 15.9. The average Bonchev–Trinajstić information content (AvgIpc) is 2.33. The lowest BCUT2D eigenvalue weighted by Gasteiger charge is -2.29. The number of nitriles is 1. The van der Waals surface area contributed by atoms with Crippen molar-refractivity contribution in [1.29, 1.82) is 5.26 Å². The van der Waals surface area contributed by atoms with E-state index in [0.29, 0.717) is 18.4 Å². The molecule has 16 heavy (non-hydrogen) atoms. The molecule has 1 aliphatic heterocycles. The lowest BCUT2D eigenvalue weighted by Crippen LogP contribution is -2.37. The molecule has 1 aromatic heterocycles. The number of halogens is 1. The van der Waals surface area contributed by atoms with Gasteiger partial charge in [-0.1, -0.05) is 11.6 Å². The second-order valence-electron chi connectivity index (χ2n) is 3.50. The van der Waals surface area contributed by atoms with E-state index in [1.54, 1.807) is 0 Å². The minimum absolute atomic E-state index is 0.108. The summed E-state index contributed by atoms with van der Waals surface area (Å²) in [6.45, 7) is 4.72. The van der Waals surface area contributed by atoms with E-state index in [1.807, 2.05) is 13.0 Å². The first-order valence-electron chi connectivity index (χ1n) is 4.99. The van der Waals surface area contributed by atoms with Gasteiger partial charge in [0, 0.05) is 18.7 Å². The number of hydrogen-bond acceptors (Lipinski definition) is 5. The van der Waals surface area contributed by atoms with E-state index < -0.39 is 0 Å². The summed E-state index contributed by atoms with van der Waals surface area (Å²) in [6.07, 6.45) is 0. The topological polar surface area (TPSA) is 62.0 Å². The summed E-state index contributed by atoms with van der Waals surface area (Å²) in [5.74, 6) is 0.844. The lowest BCUT2D eigenvalue weighted by molar-refractivity contribution is 0.122. The molecule has 0 unspecified atom stereocenters. The molecule has 0 N–H and O–H groups in total. The zero-order valence-corrected chi connectivity index (χ0v) is 9.66. The van der Waals surface area contributed by atoms with Gasteiger partial charge in [0.15, 0.2) is 0 Å². The molecule has 2 rings (SSSR count). The van der Waals surface area contributed by atoms with Crippen LogP contribution in [0.15, 0.2) is 0 Å². The standard InChI is InChI=1S/C10H11ClN4O/c1-7-9(11)13-8(6-12)14-10(7)15-2-4-16-5-3-15/h2-5H2,1H3. The molecule has 0 aliphatic carbocycles. The Morgan fingerprint density at radius 3 is 2.69 bits per heavy atom. The third-order valence-electron chi connectivity index (χ3n) is 2.47. The number of rotatable bonds is 1. The van der Waals surface area contributed by atoms with E-state index in [0.717, 1.165) is 24.5 Å². The van der Waals surface area contributed by atoms with E-state index >= 15 is 0 Å². The number of anilines is 1. The fraction of sp³-hybridized carbons (Fsp3) is 0.500. The molecular formula is C10H11ClN4O. The second-order valence-corrected chi connectivity index (χ2v) is 3.86. The quantitative estimate of drug-likeness (QED) is 0.687. The fourth-order valence-electron chi connectivity index (χ4n) is 1.61. The Morgan fingerprint density at radius 2 is 2.06 bits per heavy atom. The predicted octanol–water partition coefficient (Wildman–Crippen LogP) is 1.15. The maximum Gasteiger partial charge on any atom is 0.235 e. The van der Waals surface area contributed by atoms with Crippen LogP contribution in [0.1, 0.15) is 11.4 Å². The molecule has 1 aromatic rings. The lowest BCUT2D eigenvalue weighted by atomic mass is 10.3. The number of morpholine rings is 1. The molecule has 1 saturated heterocycles. The Labute approximate surface area is 98.6 Å². The van der Waals surface area contributed by atoms with Gasteiger partial charge in [-0.15, -0.1) is 0 Å². The highest BCUT2D eigenvalue weighted by molar-refractivity contribution is 6.30. The molecule has 6 heteroatoms. The highest BCUT2D eigenvalue weighted by Crippen LogP contribution is 2.23. The first-order chi connectivity index (χ1) is 7.72. The third kappa shape index (κ3) is 2.08. The van der Waals surface area contributed by atoms with Crippen LogP contribution >= 0.6 is 11.6 Å². The molecule has 0 atom stereocenters. The minimum Gasteiger partial charge on any atom is -0.378 e. The summed E-state index contributed by atoms with van der Waals surface area (Å²) in [4.78, 5) is 10.1.